The molecule has 24 heavy (non-hydrogen) atoms. The van der Waals surface area contributed by atoms with Gasteiger partial charge < -0.3 is 8.83 Å². The van der Waals surface area contributed by atoms with E-state index in [4.69, 9.17) is 8.83 Å². The molecule has 3 heterocycles. The summed E-state index contributed by atoms with van der Waals surface area (Å²) in [6.07, 6.45) is 3.37. The van der Waals surface area contributed by atoms with Crippen LogP contribution in [0.1, 0.15) is 18.1 Å². The van der Waals surface area contributed by atoms with Gasteiger partial charge in [-0.05, 0) is 41.1 Å². The summed E-state index contributed by atoms with van der Waals surface area (Å²) >= 11 is 1.62. The molecule has 0 fully saturated rings. The lowest BCUT2D eigenvalue weighted by Crippen LogP contribution is -2.03. The summed E-state index contributed by atoms with van der Waals surface area (Å²) in [5.74, 6) is 2.49. The Morgan fingerprint density at radius 1 is 1.12 bits per heavy atom. The molecular formula is C16H15N5O2S. The first-order valence-electron chi connectivity index (χ1n) is 7.64. The summed E-state index contributed by atoms with van der Waals surface area (Å²) in [7, 11) is 0. The lowest BCUT2D eigenvalue weighted by Gasteiger charge is -2.01. The van der Waals surface area contributed by atoms with Crippen LogP contribution in [-0.2, 0) is 13.0 Å². The number of nitrogens with zero attached hydrogens (tertiary/aromatic N) is 5. The van der Waals surface area contributed by atoms with Gasteiger partial charge in [-0.15, -0.1) is 5.10 Å². The van der Waals surface area contributed by atoms with Crippen LogP contribution < -0.4 is 0 Å². The summed E-state index contributed by atoms with van der Waals surface area (Å²) in [5, 5.41) is 12.6. The van der Waals surface area contributed by atoms with E-state index in [2.05, 4.69) is 20.5 Å². The fraction of sp³-hybridized carbons (Fsp3) is 0.250. The summed E-state index contributed by atoms with van der Waals surface area (Å²) < 4.78 is 12.8. The minimum absolute atomic E-state index is 0.535. The molecule has 0 atom stereocenters. The average Bonchev–Trinajstić information content (AvgIpc) is 3.33. The Balaban J connectivity index is 1.30. The molecule has 0 aliphatic heterocycles. The normalized spacial score (nSPS) is 11.3. The molecule has 0 unspecified atom stereocenters. The van der Waals surface area contributed by atoms with Crippen LogP contribution in [0.25, 0.3) is 11.1 Å². The van der Waals surface area contributed by atoms with E-state index in [1.165, 1.54) is 0 Å². The predicted molar refractivity (Wildman–Crippen MR) is 88.7 cm³/mol. The molecule has 0 saturated heterocycles. The maximum atomic E-state index is 5.72. The molecule has 4 aromatic rings. The van der Waals surface area contributed by atoms with E-state index in [1.807, 2.05) is 36.4 Å². The van der Waals surface area contributed by atoms with E-state index in [9.17, 15) is 0 Å². The number of furan rings is 1. The fourth-order valence-electron chi connectivity index (χ4n) is 2.36. The molecule has 7 nitrogen and oxygen atoms in total. The van der Waals surface area contributed by atoms with Crippen LogP contribution in [0.3, 0.4) is 0 Å². The maximum Gasteiger partial charge on any atom is 0.209 e. The number of oxazole rings is 1. The first-order valence-corrected chi connectivity index (χ1v) is 8.63. The van der Waals surface area contributed by atoms with Crippen molar-refractivity contribution in [2.75, 3.05) is 5.75 Å². The van der Waals surface area contributed by atoms with Gasteiger partial charge in [-0.2, -0.15) is 0 Å². The van der Waals surface area contributed by atoms with Gasteiger partial charge in [0.1, 0.15) is 17.8 Å². The molecule has 0 N–H and O–H groups in total. The number of thioether (sulfide) groups is 1. The number of fused-ring (bicyclic) bond motifs is 1. The van der Waals surface area contributed by atoms with Crippen molar-refractivity contribution in [1.29, 1.82) is 0 Å². The molecule has 122 valence electrons. The van der Waals surface area contributed by atoms with Gasteiger partial charge in [0.05, 0.1) is 6.26 Å². The Hall–Kier alpha value is -2.61. The predicted octanol–water partition coefficient (Wildman–Crippen LogP) is 3.18. The quantitative estimate of drug-likeness (QED) is 0.377. The van der Waals surface area contributed by atoms with Crippen molar-refractivity contribution in [3.05, 3.63) is 54.3 Å². The van der Waals surface area contributed by atoms with E-state index in [1.54, 1.807) is 22.7 Å². The standard InChI is InChI=1S/C16H15N5O2S/c1-2-7-14-13(6-1)17-15(23-14)8-4-10-24-16-18-19-20-21(16)11-12-5-3-9-22-12/h1-3,5-7,9H,4,8,10-11H2. The molecule has 4 rings (SSSR count). The van der Waals surface area contributed by atoms with Crippen molar-refractivity contribution in [1.82, 2.24) is 25.2 Å². The van der Waals surface area contributed by atoms with Gasteiger partial charge in [0.2, 0.25) is 5.16 Å². The topological polar surface area (TPSA) is 82.8 Å². The second-order valence-corrected chi connectivity index (χ2v) is 6.29. The van der Waals surface area contributed by atoms with E-state index in [-0.39, 0.29) is 0 Å². The van der Waals surface area contributed by atoms with Gasteiger partial charge >= 0.3 is 0 Å². The van der Waals surface area contributed by atoms with E-state index in [0.29, 0.717) is 6.54 Å². The van der Waals surface area contributed by atoms with Gasteiger partial charge in [-0.1, -0.05) is 23.9 Å². The summed E-state index contributed by atoms with van der Waals surface area (Å²) in [6.45, 7) is 0.535. The molecule has 0 aliphatic carbocycles. The van der Waals surface area contributed by atoms with Gasteiger partial charge in [0.25, 0.3) is 0 Å². The van der Waals surface area contributed by atoms with Crippen LogP contribution in [0.15, 0.2) is 56.7 Å². The van der Waals surface area contributed by atoms with Crippen molar-refractivity contribution in [2.45, 2.75) is 24.5 Å². The highest BCUT2D eigenvalue weighted by atomic mass is 32.2. The smallest absolute Gasteiger partial charge is 0.209 e. The SMILES string of the molecule is c1coc(Cn2nnnc2SCCCc2nc3ccccc3o2)c1. The number of aryl methyl sites for hydroxylation is 1. The zero-order valence-electron chi connectivity index (χ0n) is 12.8. The van der Waals surface area contributed by atoms with Gasteiger partial charge in [0.15, 0.2) is 11.5 Å². The van der Waals surface area contributed by atoms with Gasteiger partial charge in [-0.3, -0.25) is 0 Å². The van der Waals surface area contributed by atoms with E-state index >= 15 is 0 Å². The molecule has 0 bridgehead atoms. The summed E-state index contributed by atoms with van der Waals surface area (Å²) in [6, 6.07) is 11.6. The second kappa shape index (κ2) is 6.88. The largest absolute Gasteiger partial charge is 0.467 e. The number of tetrazole rings is 1. The number of hydrogen-bond acceptors (Lipinski definition) is 7. The highest BCUT2D eigenvalue weighted by Gasteiger charge is 2.09. The lowest BCUT2D eigenvalue weighted by atomic mass is 10.3. The number of benzene rings is 1. The molecule has 8 heteroatoms. The first kappa shape index (κ1) is 14.9. The number of hydrogen-bond donors (Lipinski definition) is 0. The highest BCUT2D eigenvalue weighted by Crippen LogP contribution is 2.19. The monoisotopic (exact) mass is 341 g/mol. The van der Waals surface area contributed by atoms with Crippen molar-refractivity contribution in [2.24, 2.45) is 0 Å². The molecule has 0 aliphatic rings. The van der Waals surface area contributed by atoms with Crippen LogP contribution in [0.2, 0.25) is 0 Å². The Morgan fingerprint density at radius 3 is 2.96 bits per heavy atom. The average molecular weight is 341 g/mol. The lowest BCUT2D eigenvalue weighted by molar-refractivity contribution is 0.462. The van der Waals surface area contributed by atoms with Gasteiger partial charge in [0, 0.05) is 12.2 Å². The Labute approximate surface area is 142 Å². The number of aromatic nitrogens is 5. The molecule has 1 aromatic carbocycles. The third kappa shape index (κ3) is 3.33. The van der Waals surface area contributed by atoms with Crippen molar-refractivity contribution in [3.63, 3.8) is 0 Å². The molecule has 0 radical (unpaired) electrons. The fourth-order valence-corrected chi connectivity index (χ4v) is 3.18. The minimum Gasteiger partial charge on any atom is -0.467 e. The van der Waals surface area contributed by atoms with E-state index in [0.717, 1.165) is 46.5 Å². The number of rotatable bonds is 7. The van der Waals surface area contributed by atoms with Crippen molar-refractivity contribution >= 4 is 22.9 Å². The van der Waals surface area contributed by atoms with Crippen molar-refractivity contribution in [3.8, 4) is 0 Å². The maximum absolute atomic E-state index is 5.72. The Kier molecular flexibility index (Phi) is 4.28. The minimum atomic E-state index is 0.535. The molecule has 0 saturated carbocycles. The molecule has 0 spiro atoms. The second-order valence-electron chi connectivity index (χ2n) is 5.23. The van der Waals surface area contributed by atoms with Crippen molar-refractivity contribution < 1.29 is 8.83 Å². The first-order chi connectivity index (χ1) is 11.9. The molecule has 3 aromatic heterocycles. The Bertz CT molecular complexity index is 883. The zero-order valence-corrected chi connectivity index (χ0v) is 13.6. The Morgan fingerprint density at radius 2 is 2.08 bits per heavy atom. The molecule has 0 amide bonds. The molecular weight excluding hydrogens is 326 g/mol. The summed E-state index contributed by atoms with van der Waals surface area (Å²) in [5.41, 5.74) is 1.74. The zero-order chi connectivity index (χ0) is 16.2. The van der Waals surface area contributed by atoms with Gasteiger partial charge in [-0.25, -0.2) is 9.67 Å². The highest BCUT2D eigenvalue weighted by molar-refractivity contribution is 7.99. The van der Waals surface area contributed by atoms with Crippen LogP contribution >= 0.6 is 11.8 Å². The summed E-state index contributed by atoms with van der Waals surface area (Å²) in [4.78, 5) is 4.48. The van der Waals surface area contributed by atoms with Crippen LogP contribution in [0.4, 0.5) is 0 Å². The third-order valence-corrected chi connectivity index (χ3v) is 4.53. The van der Waals surface area contributed by atoms with Crippen LogP contribution in [0, 0.1) is 0 Å². The third-order valence-electron chi connectivity index (χ3n) is 3.49. The van der Waals surface area contributed by atoms with E-state index < -0.39 is 0 Å². The number of para-hydroxylation sites is 2. The van der Waals surface area contributed by atoms with Crippen LogP contribution in [0.5, 0.6) is 0 Å². The van der Waals surface area contributed by atoms with Crippen LogP contribution in [-0.4, -0.2) is 30.9 Å².